The molecular weight excluding hydrogens is 152 g/mol. The van der Waals surface area contributed by atoms with E-state index in [2.05, 4.69) is 11.5 Å². The van der Waals surface area contributed by atoms with Crippen molar-refractivity contribution in [1.29, 1.82) is 0 Å². The van der Waals surface area contributed by atoms with E-state index >= 15 is 0 Å². The number of ether oxygens (including phenoxy) is 1. The summed E-state index contributed by atoms with van der Waals surface area (Å²) in [6.45, 7) is 8.50. The van der Waals surface area contributed by atoms with Crippen molar-refractivity contribution in [2.45, 2.75) is 25.8 Å². The van der Waals surface area contributed by atoms with Crippen molar-refractivity contribution in [3.8, 4) is 0 Å². The van der Waals surface area contributed by atoms with Gasteiger partial charge in [0.1, 0.15) is 0 Å². The molecule has 0 aromatic carbocycles. The molecule has 3 nitrogen and oxygen atoms in total. The minimum atomic E-state index is 0.371. The zero-order valence-corrected chi connectivity index (χ0v) is 7.75. The maximum Gasteiger partial charge on any atom is 0.181 e. The number of nitrogens with two attached hydrogens (primary N) is 1. The van der Waals surface area contributed by atoms with Gasteiger partial charge in [0.15, 0.2) is 5.88 Å². The molecular formula is C9H18N2O. The molecule has 0 unspecified atom stereocenters. The molecule has 1 rings (SSSR count). The first kappa shape index (κ1) is 9.39. The van der Waals surface area contributed by atoms with E-state index in [9.17, 15) is 0 Å². The maximum atomic E-state index is 5.77. The highest BCUT2D eigenvalue weighted by atomic mass is 16.5. The lowest BCUT2D eigenvalue weighted by Gasteiger charge is -2.32. The van der Waals surface area contributed by atoms with Gasteiger partial charge in [-0.25, -0.2) is 0 Å². The van der Waals surface area contributed by atoms with E-state index in [0.717, 1.165) is 31.8 Å². The van der Waals surface area contributed by atoms with E-state index in [1.807, 2.05) is 6.92 Å². The normalized spacial score (nSPS) is 19.3. The fourth-order valence-corrected chi connectivity index (χ4v) is 1.41. The Morgan fingerprint density at radius 2 is 2.17 bits per heavy atom. The minimum Gasteiger partial charge on any atom is -0.480 e. The third-order valence-electron chi connectivity index (χ3n) is 2.20. The van der Waals surface area contributed by atoms with Crippen molar-refractivity contribution < 1.29 is 4.74 Å². The summed E-state index contributed by atoms with van der Waals surface area (Å²) >= 11 is 0. The van der Waals surface area contributed by atoms with Gasteiger partial charge in [-0.2, -0.15) is 0 Å². The highest BCUT2D eigenvalue weighted by Crippen LogP contribution is 2.13. The van der Waals surface area contributed by atoms with Crippen LogP contribution in [0.4, 0.5) is 0 Å². The summed E-state index contributed by atoms with van der Waals surface area (Å²) in [6, 6.07) is 0.371. The fraction of sp³-hybridized carbons (Fsp3) is 0.778. The number of likely N-dealkylation sites (tertiary alicyclic amines) is 1. The monoisotopic (exact) mass is 170 g/mol. The molecule has 1 heterocycles. The summed E-state index contributed by atoms with van der Waals surface area (Å²) in [5.74, 6) is 0.796. The van der Waals surface area contributed by atoms with Gasteiger partial charge in [-0.3, -0.25) is 0 Å². The van der Waals surface area contributed by atoms with E-state index in [0.29, 0.717) is 12.6 Å². The largest absolute Gasteiger partial charge is 0.480 e. The molecule has 2 N–H and O–H groups in total. The zero-order chi connectivity index (χ0) is 8.97. The lowest BCUT2D eigenvalue weighted by atomic mass is 10.1. The van der Waals surface area contributed by atoms with Crippen LogP contribution in [-0.4, -0.2) is 30.6 Å². The van der Waals surface area contributed by atoms with E-state index in [-0.39, 0.29) is 0 Å². The van der Waals surface area contributed by atoms with E-state index in [1.165, 1.54) is 0 Å². The van der Waals surface area contributed by atoms with Crippen LogP contribution in [0, 0.1) is 0 Å². The van der Waals surface area contributed by atoms with Crippen LogP contribution in [0.25, 0.3) is 0 Å². The predicted octanol–water partition coefficient (Wildman–Crippen LogP) is 0.917. The average Bonchev–Trinajstić information content (AvgIpc) is 2.06. The zero-order valence-electron chi connectivity index (χ0n) is 7.75. The molecule has 70 valence electrons. The molecule has 0 saturated carbocycles. The van der Waals surface area contributed by atoms with Gasteiger partial charge in [0.2, 0.25) is 0 Å². The Balaban J connectivity index is 2.29. The molecule has 0 atom stereocenters. The van der Waals surface area contributed by atoms with E-state index in [1.54, 1.807) is 0 Å². The molecule has 3 heteroatoms. The van der Waals surface area contributed by atoms with Gasteiger partial charge in [-0.15, -0.1) is 0 Å². The first-order chi connectivity index (χ1) is 5.74. The Bertz CT molecular complexity index is 151. The van der Waals surface area contributed by atoms with Gasteiger partial charge in [-0.1, -0.05) is 0 Å². The topological polar surface area (TPSA) is 38.5 Å². The lowest BCUT2D eigenvalue weighted by Crippen LogP contribution is -2.39. The van der Waals surface area contributed by atoms with Gasteiger partial charge in [-0.05, 0) is 26.3 Å². The van der Waals surface area contributed by atoms with Crippen molar-refractivity contribution in [2.24, 2.45) is 5.73 Å². The summed E-state index contributed by atoms with van der Waals surface area (Å²) in [7, 11) is 0. The third kappa shape index (κ3) is 2.41. The summed E-state index contributed by atoms with van der Waals surface area (Å²) < 4.78 is 5.31. The van der Waals surface area contributed by atoms with Crippen molar-refractivity contribution in [3.05, 3.63) is 12.5 Å². The average molecular weight is 170 g/mol. The second kappa shape index (κ2) is 4.36. The molecule has 0 radical (unpaired) electrons. The molecule has 1 aliphatic heterocycles. The van der Waals surface area contributed by atoms with Crippen molar-refractivity contribution in [1.82, 2.24) is 4.90 Å². The summed E-state index contributed by atoms with van der Waals surface area (Å²) in [6.07, 6.45) is 2.10. The Morgan fingerprint density at radius 1 is 1.58 bits per heavy atom. The third-order valence-corrected chi connectivity index (χ3v) is 2.20. The quantitative estimate of drug-likeness (QED) is 0.640. The van der Waals surface area contributed by atoms with Crippen molar-refractivity contribution >= 4 is 0 Å². The first-order valence-corrected chi connectivity index (χ1v) is 4.56. The van der Waals surface area contributed by atoms with E-state index < -0.39 is 0 Å². The minimum absolute atomic E-state index is 0.371. The maximum absolute atomic E-state index is 5.77. The Hall–Kier alpha value is -0.700. The molecule has 0 aromatic rings. The first-order valence-electron chi connectivity index (χ1n) is 4.56. The van der Waals surface area contributed by atoms with Crippen molar-refractivity contribution in [3.63, 3.8) is 0 Å². The molecule has 1 fully saturated rings. The van der Waals surface area contributed by atoms with Crippen LogP contribution >= 0.6 is 0 Å². The molecule has 1 aliphatic rings. The summed E-state index contributed by atoms with van der Waals surface area (Å²) in [4.78, 5) is 2.16. The SMILES string of the molecule is C=C(OCC)N1CCC(N)CC1. The van der Waals surface area contributed by atoms with Crippen LogP contribution in [0.15, 0.2) is 12.5 Å². The second-order valence-corrected chi connectivity index (χ2v) is 3.15. The van der Waals surface area contributed by atoms with Crippen LogP contribution in [0.1, 0.15) is 19.8 Å². The number of hydrogen-bond donors (Lipinski definition) is 1. The van der Waals surface area contributed by atoms with Crippen molar-refractivity contribution in [2.75, 3.05) is 19.7 Å². The summed E-state index contributed by atoms with van der Waals surface area (Å²) in [5.41, 5.74) is 5.77. The molecule has 12 heavy (non-hydrogen) atoms. The van der Waals surface area contributed by atoms with Gasteiger partial charge in [0.25, 0.3) is 0 Å². The van der Waals surface area contributed by atoms with Gasteiger partial charge in [0.05, 0.1) is 6.61 Å². The van der Waals surface area contributed by atoms with Crippen LogP contribution in [0.2, 0.25) is 0 Å². The second-order valence-electron chi connectivity index (χ2n) is 3.15. The molecule has 0 spiro atoms. The van der Waals surface area contributed by atoms with Gasteiger partial charge in [0, 0.05) is 19.1 Å². The molecule has 0 amide bonds. The number of nitrogens with zero attached hydrogens (tertiary/aromatic N) is 1. The number of rotatable bonds is 3. The lowest BCUT2D eigenvalue weighted by molar-refractivity contribution is 0.105. The van der Waals surface area contributed by atoms with Crippen LogP contribution in [-0.2, 0) is 4.74 Å². The van der Waals surface area contributed by atoms with Gasteiger partial charge >= 0.3 is 0 Å². The van der Waals surface area contributed by atoms with E-state index in [4.69, 9.17) is 10.5 Å². The fourth-order valence-electron chi connectivity index (χ4n) is 1.41. The Morgan fingerprint density at radius 3 is 2.67 bits per heavy atom. The van der Waals surface area contributed by atoms with Crippen LogP contribution in [0.3, 0.4) is 0 Å². The number of hydrogen-bond acceptors (Lipinski definition) is 3. The molecule has 0 aliphatic carbocycles. The molecule has 0 aromatic heterocycles. The Kier molecular flexibility index (Phi) is 3.41. The van der Waals surface area contributed by atoms with Crippen LogP contribution in [0.5, 0.6) is 0 Å². The smallest absolute Gasteiger partial charge is 0.181 e. The van der Waals surface area contributed by atoms with Crippen LogP contribution < -0.4 is 5.73 Å². The standard InChI is InChI=1S/C9H18N2O/c1-3-12-8(2)11-6-4-9(10)5-7-11/h9H,2-7,10H2,1H3. The predicted molar refractivity (Wildman–Crippen MR) is 49.5 cm³/mol. The highest BCUT2D eigenvalue weighted by molar-refractivity contribution is 4.87. The molecule has 0 bridgehead atoms. The Labute approximate surface area is 74.2 Å². The van der Waals surface area contributed by atoms with Gasteiger partial charge < -0.3 is 15.4 Å². The highest BCUT2D eigenvalue weighted by Gasteiger charge is 2.17. The summed E-state index contributed by atoms with van der Waals surface area (Å²) in [5, 5.41) is 0. The molecule has 1 saturated heterocycles. The number of piperidine rings is 1.